The van der Waals surface area contributed by atoms with E-state index in [0.717, 1.165) is 66.4 Å². The summed E-state index contributed by atoms with van der Waals surface area (Å²) in [6, 6.07) is 4.21. The first kappa shape index (κ1) is 15.6. The van der Waals surface area contributed by atoms with Gasteiger partial charge in [-0.2, -0.15) is 5.26 Å². The number of nitrogens with zero attached hydrogens (tertiary/aromatic N) is 3. The average molecular weight is 310 g/mol. The average Bonchev–Trinajstić information content (AvgIpc) is 2.85. The van der Waals surface area contributed by atoms with Crippen LogP contribution in [-0.2, 0) is 13.0 Å². The normalized spacial score (nSPS) is 14.5. The largest absolute Gasteiger partial charge is 0.461 e. The lowest BCUT2D eigenvalue weighted by molar-refractivity contribution is 0.253. The standard InChI is InChI=1S/C18H22N4O/c1-4-6-22-7-5-15-14(10-22)17(13(9-19)18(20)21-15)16-8-11(2)12(3)23-16/h8H,4-7,10H2,1-3H3,(H2,20,21). The molecule has 0 unspecified atom stereocenters. The third kappa shape index (κ3) is 2.71. The molecule has 5 nitrogen and oxygen atoms in total. The zero-order valence-electron chi connectivity index (χ0n) is 13.9. The molecular weight excluding hydrogens is 288 g/mol. The van der Waals surface area contributed by atoms with Crippen LogP contribution in [0.5, 0.6) is 0 Å². The van der Waals surface area contributed by atoms with Gasteiger partial charge in [0, 0.05) is 36.3 Å². The number of aryl methyl sites for hydroxylation is 2. The van der Waals surface area contributed by atoms with E-state index in [4.69, 9.17) is 10.2 Å². The number of fused-ring (bicyclic) bond motifs is 1. The second-order valence-corrected chi connectivity index (χ2v) is 6.16. The van der Waals surface area contributed by atoms with Gasteiger partial charge in [-0.25, -0.2) is 4.98 Å². The van der Waals surface area contributed by atoms with Crippen molar-refractivity contribution in [2.45, 2.75) is 40.2 Å². The minimum Gasteiger partial charge on any atom is -0.461 e. The van der Waals surface area contributed by atoms with Gasteiger partial charge < -0.3 is 10.2 Å². The third-order valence-electron chi connectivity index (χ3n) is 4.52. The van der Waals surface area contributed by atoms with E-state index in [9.17, 15) is 5.26 Å². The van der Waals surface area contributed by atoms with Crippen LogP contribution in [0, 0.1) is 25.2 Å². The highest BCUT2D eigenvalue weighted by molar-refractivity contribution is 5.77. The van der Waals surface area contributed by atoms with E-state index in [-0.39, 0.29) is 0 Å². The summed E-state index contributed by atoms with van der Waals surface area (Å²) in [5, 5.41) is 9.58. The summed E-state index contributed by atoms with van der Waals surface area (Å²) in [6.45, 7) is 8.94. The monoisotopic (exact) mass is 310 g/mol. The molecule has 0 fully saturated rings. The predicted octanol–water partition coefficient (Wildman–Crippen LogP) is 3.18. The summed E-state index contributed by atoms with van der Waals surface area (Å²) in [5.74, 6) is 1.89. The van der Waals surface area contributed by atoms with Crippen molar-refractivity contribution in [3.05, 3.63) is 34.2 Å². The van der Waals surface area contributed by atoms with E-state index >= 15 is 0 Å². The van der Waals surface area contributed by atoms with Gasteiger partial charge in [-0.3, -0.25) is 4.90 Å². The van der Waals surface area contributed by atoms with Crippen LogP contribution in [0.4, 0.5) is 5.82 Å². The molecule has 5 heteroatoms. The summed E-state index contributed by atoms with van der Waals surface area (Å²) in [7, 11) is 0. The Morgan fingerprint density at radius 1 is 1.43 bits per heavy atom. The number of hydrogen-bond donors (Lipinski definition) is 1. The maximum absolute atomic E-state index is 9.58. The molecule has 23 heavy (non-hydrogen) atoms. The van der Waals surface area contributed by atoms with Gasteiger partial charge in [0.25, 0.3) is 0 Å². The van der Waals surface area contributed by atoms with E-state index in [1.165, 1.54) is 0 Å². The molecule has 0 aliphatic carbocycles. The van der Waals surface area contributed by atoms with Crippen molar-refractivity contribution in [1.29, 1.82) is 5.26 Å². The Morgan fingerprint density at radius 2 is 2.22 bits per heavy atom. The number of aromatic nitrogens is 1. The van der Waals surface area contributed by atoms with E-state index in [2.05, 4.69) is 22.9 Å². The number of anilines is 1. The minimum absolute atomic E-state index is 0.303. The fourth-order valence-corrected chi connectivity index (χ4v) is 3.22. The summed E-state index contributed by atoms with van der Waals surface area (Å²) in [6.07, 6.45) is 1.97. The number of pyridine rings is 1. The molecule has 0 amide bonds. The summed E-state index contributed by atoms with van der Waals surface area (Å²) in [4.78, 5) is 6.88. The van der Waals surface area contributed by atoms with E-state index in [1.807, 2.05) is 19.9 Å². The first-order chi connectivity index (χ1) is 11.0. The van der Waals surface area contributed by atoms with Crippen LogP contribution < -0.4 is 5.73 Å². The molecule has 1 aliphatic heterocycles. The van der Waals surface area contributed by atoms with Crippen LogP contribution in [0.15, 0.2) is 10.5 Å². The lowest BCUT2D eigenvalue weighted by Crippen LogP contribution is -2.32. The van der Waals surface area contributed by atoms with Crippen LogP contribution in [-0.4, -0.2) is 23.0 Å². The smallest absolute Gasteiger partial charge is 0.142 e. The highest BCUT2D eigenvalue weighted by atomic mass is 16.3. The first-order valence-corrected chi connectivity index (χ1v) is 8.06. The van der Waals surface area contributed by atoms with Crippen molar-refractivity contribution >= 4 is 5.82 Å². The topological polar surface area (TPSA) is 79.1 Å². The molecule has 120 valence electrons. The first-order valence-electron chi connectivity index (χ1n) is 8.06. The van der Waals surface area contributed by atoms with Crippen LogP contribution >= 0.6 is 0 Å². The summed E-state index contributed by atoms with van der Waals surface area (Å²) >= 11 is 0. The molecule has 3 rings (SSSR count). The highest BCUT2D eigenvalue weighted by Gasteiger charge is 2.26. The van der Waals surface area contributed by atoms with Crippen molar-refractivity contribution in [3.8, 4) is 17.4 Å². The van der Waals surface area contributed by atoms with Crippen LogP contribution in [0.2, 0.25) is 0 Å². The molecule has 1 aliphatic rings. The zero-order chi connectivity index (χ0) is 16.6. The van der Waals surface area contributed by atoms with Crippen LogP contribution in [0.25, 0.3) is 11.3 Å². The molecule has 0 saturated carbocycles. The Labute approximate surface area is 136 Å². The molecule has 0 spiro atoms. The Morgan fingerprint density at radius 3 is 2.83 bits per heavy atom. The minimum atomic E-state index is 0.303. The van der Waals surface area contributed by atoms with E-state index in [1.54, 1.807) is 0 Å². The maximum Gasteiger partial charge on any atom is 0.142 e. The summed E-state index contributed by atoms with van der Waals surface area (Å²) < 4.78 is 5.91. The number of nitrogens with two attached hydrogens (primary N) is 1. The maximum atomic E-state index is 9.58. The SMILES string of the molecule is CCCN1CCc2nc(N)c(C#N)c(-c3cc(C)c(C)o3)c2C1. The zero-order valence-corrected chi connectivity index (χ0v) is 13.9. The third-order valence-corrected chi connectivity index (χ3v) is 4.52. The molecule has 0 radical (unpaired) electrons. The predicted molar refractivity (Wildman–Crippen MR) is 89.8 cm³/mol. The summed E-state index contributed by atoms with van der Waals surface area (Å²) in [5.41, 5.74) is 10.5. The second kappa shape index (κ2) is 6.05. The van der Waals surface area contributed by atoms with Crippen LogP contribution in [0.1, 0.15) is 41.5 Å². The van der Waals surface area contributed by atoms with Gasteiger partial charge in [-0.15, -0.1) is 0 Å². The van der Waals surface area contributed by atoms with Gasteiger partial charge in [0.1, 0.15) is 29.0 Å². The fourth-order valence-electron chi connectivity index (χ4n) is 3.22. The van der Waals surface area contributed by atoms with Crippen molar-refractivity contribution in [2.75, 3.05) is 18.8 Å². The Hall–Kier alpha value is -2.32. The van der Waals surface area contributed by atoms with E-state index < -0.39 is 0 Å². The quantitative estimate of drug-likeness (QED) is 0.942. The van der Waals surface area contributed by atoms with Crippen LogP contribution in [0.3, 0.4) is 0 Å². The van der Waals surface area contributed by atoms with E-state index in [0.29, 0.717) is 11.4 Å². The molecule has 3 heterocycles. The molecule has 0 aromatic carbocycles. The van der Waals surface area contributed by atoms with Crippen molar-refractivity contribution in [2.24, 2.45) is 0 Å². The molecule has 2 aromatic rings. The van der Waals surface area contributed by atoms with Gasteiger partial charge in [0.15, 0.2) is 0 Å². The molecular formula is C18H22N4O. The Bertz CT molecular complexity index is 766. The number of hydrogen-bond acceptors (Lipinski definition) is 5. The molecule has 0 atom stereocenters. The number of nitrogen functional groups attached to an aromatic ring is 1. The fraction of sp³-hybridized carbons (Fsp3) is 0.444. The number of nitriles is 1. The van der Waals surface area contributed by atoms with Gasteiger partial charge >= 0.3 is 0 Å². The van der Waals surface area contributed by atoms with Gasteiger partial charge in [0.2, 0.25) is 0 Å². The van der Waals surface area contributed by atoms with Crippen molar-refractivity contribution in [1.82, 2.24) is 9.88 Å². The van der Waals surface area contributed by atoms with Gasteiger partial charge in [0.05, 0.1) is 0 Å². The lowest BCUT2D eigenvalue weighted by Gasteiger charge is -2.29. The second-order valence-electron chi connectivity index (χ2n) is 6.16. The van der Waals surface area contributed by atoms with Crippen molar-refractivity contribution in [3.63, 3.8) is 0 Å². The van der Waals surface area contributed by atoms with Gasteiger partial charge in [-0.05, 0) is 38.4 Å². The Kier molecular flexibility index (Phi) is 4.10. The molecule has 2 aromatic heterocycles. The lowest BCUT2D eigenvalue weighted by atomic mass is 9.94. The van der Waals surface area contributed by atoms with Gasteiger partial charge in [-0.1, -0.05) is 6.92 Å². The molecule has 2 N–H and O–H groups in total. The Balaban J connectivity index is 2.20. The molecule has 0 bridgehead atoms. The highest BCUT2D eigenvalue weighted by Crippen LogP contribution is 2.36. The number of furan rings is 1. The van der Waals surface area contributed by atoms with Crippen molar-refractivity contribution < 1.29 is 4.42 Å². The molecule has 0 saturated heterocycles. The number of rotatable bonds is 3.